The predicted molar refractivity (Wildman–Crippen MR) is 57.9 cm³/mol. The zero-order valence-electron chi connectivity index (χ0n) is 9.75. The summed E-state index contributed by atoms with van der Waals surface area (Å²) >= 11 is 0. The van der Waals surface area contributed by atoms with Gasteiger partial charge in [0, 0.05) is 25.2 Å². The Kier molecular flexibility index (Phi) is 3.52. The second kappa shape index (κ2) is 4.29. The summed E-state index contributed by atoms with van der Waals surface area (Å²) in [7, 11) is 4.18. The van der Waals surface area contributed by atoms with Crippen LogP contribution in [0, 0.1) is 17.2 Å². The summed E-state index contributed by atoms with van der Waals surface area (Å²) in [5.41, 5.74) is 0.205. The van der Waals surface area contributed by atoms with Gasteiger partial charge < -0.3 is 4.90 Å². The van der Waals surface area contributed by atoms with Crippen LogP contribution in [-0.2, 0) is 0 Å². The van der Waals surface area contributed by atoms with Crippen LogP contribution in [0.5, 0.6) is 0 Å². The van der Waals surface area contributed by atoms with Crippen molar-refractivity contribution >= 4 is 0 Å². The lowest BCUT2D eigenvalue weighted by molar-refractivity contribution is 0.160. The largest absolute Gasteiger partial charge is 0.308 e. The maximum Gasteiger partial charge on any atom is 0.0670 e. The molecule has 3 nitrogen and oxygen atoms in total. The molecule has 0 amide bonds. The second-order valence-corrected chi connectivity index (χ2v) is 5.09. The van der Waals surface area contributed by atoms with Crippen molar-refractivity contribution in [2.45, 2.75) is 25.8 Å². The van der Waals surface area contributed by atoms with Gasteiger partial charge in [0.2, 0.25) is 0 Å². The van der Waals surface area contributed by atoms with Crippen LogP contribution in [0.25, 0.3) is 0 Å². The lowest BCUT2D eigenvalue weighted by Gasteiger charge is -2.32. The van der Waals surface area contributed by atoms with Gasteiger partial charge in [-0.25, -0.2) is 0 Å². The van der Waals surface area contributed by atoms with Crippen LogP contribution in [-0.4, -0.2) is 49.1 Å². The van der Waals surface area contributed by atoms with Crippen LogP contribution < -0.4 is 0 Å². The molecule has 1 aliphatic heterocycles. The predicted octanol–water partition coefficient (Wildman–Crippen LogP) is 1.17. The summed E-state index contributed by atoms with van der Waals surface area (Å²) in [5.74, 6) is 0.229. The van der Waals surface area contributed by atoms with Crippen molar-refractivity contribution in [3.8, 4) is 6.07 Å². The molecule has 1 heterocycles. The fraction of sp³-hybridized carbons (Fsp3) is 0.909. The molecule has 1 saturated heterocycles. The molecular weight excluding hydrogens is 174 g/mol. The monoisotopic (exact) mass is 195 g/mol. The van der Waals surface area contributed by atoms with Crippen molar-refractivity contribution in [1.82, 2.24) is 9.80 Å². The van der Waals surface area contributed by atoms with Crippen molar-refractivity contribution in [1.29, 1.82) is 5.26 Å². The van der Waals surface area contributed by atoms with Crippen LogP contribution in [0.1, 0.15) is 20.3 Å². The third kappa shape index (κ3) is 2.70. The minimum atomic E-state index is 0.205. The Hall–Kier alpha value is -0.590. The number of hydrogen-bond acceptors (Lipinski definition) is 3. The number of likely N-dealkylation sites (tertiary alicyclic amines) is 1. The highest BCUT2D eigenvalue weighted by Crippen LogP contribution is 2.31. The molecule has 14 heavy (non-hydrogen) atoms. The van der Waals surface area contributed by atoms with E-state index in [0.29, 0.717) is 0 Å². The normalized spacial score (nSPS) is 26.7. The van der Waals surface area contributed by atoms with Crippen LogP contribution in [0.15, 0.2) is 0 Å². The van der Waals surface area contributed by atoms with Crippen molar-refractivity contribution < 1.29 is 0 Å². The van der Waals surface area contributed by atoms with Crippen molar-refractivity contribution in [2.24, 2.45) is 5.92 Å². The zero-order chi connectivity index (χ0) is 10.8. The van der Waals surface area contributed by atoms with Gasteiger partial charge in [0.05, 0.1) is 12.0 Å². The third-order valence-corrected chi connectivity index (χ3v) is 3.04. The first-order chi connectivity index (χ1) is 6.45. The zero-order valence-corrected chi connectivity index (χ0v) is 9.75. The van der Waals surface area contributed by atoms with Crippen LogP contribution in [0.4, 0.5) is 0 Å². The van der Waals surface area contributed by atoms with Gasteiger partial charge in [-0.15, -0.1) is 0 Å². The standard InChI is InChI=1S/C11H21N3/c1-11(2)7-10(8-12)9-14(11)6-5-13(3)4/h10H,5-7,9H2,1-4H3. The van der Waals surface area contributed by atoms with Gasteiger partial charge in [-0.2, -0.15) is 5.26 Å². The SMILES string of the molecule is CN(C)CCN1CC(C#N)CC1(C)C. The Bertz CT molecular complexity index is 227. The van der Waals surface area contributed by atoms with Gasteiger partial charge in [0.25, 0.3) is 0 Å². The smallest absolute Gasteiger partial charge is 0.0670 e. The summed E-state index contributed by atoms with van der Waals surface area (Å²) in [6.45, 7) is 7.55. The number of rotatable bonds is 3. The molecule has 1 aliphatic rings. The van der Waals surface area contributed by atoms with E-state index in [1.807, 2.05) is 0 Å². The van der Waals surface area contributed by atoms with Gasteiger partial charge in [0.1, 0.15) is 0 Å². The first-order valence-electron chi connectivity index (χ1n) is 5.25. The van der Waals surface area contributed by atoms with E-state index < -0.39 is 0 Å². The molecular formula is C11H21N3. The highest BCUT2D eigenvalue weighted by Gasteiger charge is 2.37. The number of nitrogens with zero attached hydrogens (tertiary/aromatic N) is 3. The number of hydrogen-bond donors (Lipinski definition) is 0. The quantitative estimate of drug-likeness (QED) is 0.677. The Morgan fingerprint density at radius 1 is 1.50 bits per heavy atom. The van der Waals surface area contributed by atoms with Gasteiger partial charge in [0.15, 0.2) is 0 Å². The molecule has 1 rings (SSSR count). The first-order valence-corrected chi connectivity index (χ1v) is 5.25. The molecule has 0 bridgehead atoms. The van der Waals surface area contributed by atoms with Crippen LogP contribution in [0.2, 0.25) is 0 Å². The molecule has 0 aliphatic carbocycles. The molecule has 0 saturated carbocycles. The van der Waals surface area contributed by atoms with E-state index >= 15 is 0 Å². The Morgan fingerprint density at radius 3 is 2.57 bits per heavy atom. The highest BCUT2D eigenvalue weighted by atomic mass is 15.2. The molecule has 0 aromatic carbocycles. The van der Waals surface area contributed by atoms with E-state index in [-0.39, 0.29) is 11.5 Å². The van der Waals surface area contributed by atoms with Gasteiger partial charge in [-0.1, -0.05) is 0 Å². The minimum absolute atomic E-state index is 0.205. The molecule has 0 aromatic rings. The van der Waals surface area contributed by atoms with Crippen LogP contribution >= 0.6 is 0 Å². The first kappa shape index (κ1) is 11.5. The highest BCUT2D eigenvalue weighted by molar-refractivity contribution is 5.00. The van der Waals surface area contributed by atoms with E-state index in [0.717, 1.165) is 26.1 Å². The molecule has 1 fully saturated rings. The van der Waals surface area contributed by atoms with E-state index in [1.54, 1.807) is 0 Å². The Labute approximate surface area is 87.3 Å². The maximum atomic E-state index is 8.91. The number of likely N-dealkylation sites (N-methyl/N-ethyl adjacent to an activating group) is 1. The summed E-state index contributed by atoms with van der Waals surface area (Å²) in [6.07, 6.45) is 1.01. The average Bonchev–Trinajstić information content (AvgIpc) is 2.37. The number of nitriles is 1. The van der Waals surface area contributed by atoms with E-state index in [1.165, 1.54) is 0 Å². The molecule has 0 aromatic heterocycles. The van der Waals surface area contributed by atoms with E-state index in [4.69, 9.17) is 5.26 Å². The van der Waals surface area contributed by atoms with Crippen molar-refractivity contribution in [3.05, 3.63) is 0 Å². The summed E-state index contributed by atoms with van der Waals surface area (Å²) < 4.78 is 0. The van der Waals surface area contributed by atoms with E-state index in [9.17, 15) is 0 Å². The lowest BCUT2D eigenvalue weighted by Crippen LogP contribution is -2.41. The fourth-order valence-corrected chi connectivity index (χ4v) is 2.11. The minimum Gasteiger partial charge on any atom is -0.308 e. The lowest BCUT2D eigenvalue weighted by atomic mass is 9.97. The van der Waals surface area contributed by atoms with Gasteiger partial charge in [-0.3, -0.25) is 4.90 Å². The second-order valence-electron chi connectivity index (χ2n) is 5.09. The molecule has 0 N–H and O–H groups in total. The van der Waals surface area contributed by atoms with E-state index in [2.05, 4.69) is 43.8 Å². The van der Waals surface area contributed by atoms with Crippen molar-refractivity contribution in [3.63, 3.8) is 0 Å². The van der Waals surface area contributed by atoms with Crippen molar-refractivity contribution in [2.75, 3.05) is 33.7 Å². The Morgan fingerprint density at radius 2 is 2.14 bits per heavy atom. The van der Waals surface area contributed by atoms with Crippen LogP contribution in [0.3, 0.4) is 0 Å². The summed E-state index contributed by atoms with van der Waals surface area (Å²) in [5, 5.41) is 8.91. The molecule has 0 radical (unpaired) electrons. The molecule has 80 valence electrons. The summed E-state index contributed by atoms with van der Waals surface area (Å²) in [6, 6.07) is 2.38. The topological polar surface area (TPSA) is 30.3 Å². The molecule has 1 unspecified atom stereocenters. The molecule has 0 spiro atoms. The van der Waals surface area contributed by atoms with Gasteiger partial charge >= 0.3 is 0 Å². The molecule has 1 atom stereocenters. The Balaban J connectivity index is 2.49. The third-order valence-electron chi connectivity index (χ3n) is 3.04. The fourth-order valence-electron chi connectivity index (χ4n) is 2.11. The van der Waals surface area contributed by atoms with Gasteiger partial charge in [-0.05, 0) is 34.4 Å². The molecule has 3 heteroatoms. The summed E-state index contributed by atoms with van der Waals surface area (Å²) in [4.78, 5) is 4.62. The maximum absolute atomic E-state index is 8.91. The average molecular weight is 195 g/mol.